The van der Waals surface area contributed by atoms with Gasteiger partial charge < -0.3 is 14.4 Å². The van der Waals surface area contributed by atoms with Crippen LogP contribution in [0, 0.1) is 0 Å². The van der Waals surface area contributed by atoms with Crippen LogP contribution in [-0.4, -0.2) is 11.3 Å². The van der Waals surface area contributed by atoms with Crippen molar-refractivity contribution in [3.63, 3.8) is 0 Å². The summed E-state index contributed by atoms with van der Waals surface area (Å²) in [7, 11) is 0. The molecule has 0 radical (unpaired) electrons. The molecule has 0 unspecified atom stereocenters. The van der Waals surface area contributed by atoms with Gasteiger partial charge in [-0.25, -0.2) is 0 Å². The number of rotatable bonds is 5. The van der Waals surface area contributed by atoms with E-state index in [1.807, 2.05) is 0 Å². The van der Waals surface area contributed by atoms with E-state index in [4.69, 9.17) is 0 Å². The number of fused-ring (bicyclic) bond motifs is 9. The zero-order valence-electron chi connectivity index (χ0n) is 39.7. The Bertz CT molecular complexity index is 4060. The van der Waals surface area contributed by atoms with E-state index in [1.54, 1.807) is 0 Å². The summed E-state index contributed by atoms with van der Waals surface area (Å²) in [6, 6.07) is 78.7. The highest BCUT2D eigenvalue weighted by Crippen LogP contribution is 2.52. The predicted molar refractivity (Wildman–Crippen MR) is 300 cm³/mol. The SMILES string of the molecule is CC(C)c1ccc2c(c1)B1c3cc(C(C)C)ccc3N(c3cccc4ccccc34)c3cc(-n4c5cccc6c5c5c7c(cccc7ccc54)-c4ccccc4-6)cc(c31)N2c1cccc2ccccc12. The fourth-order valence-electron chi connectivity index (χ4n) is 12.8. The van der Waals surface area contributed by atoms with Crippen molar-refractivity contribution in [2.24, 2.45) is 0 Å². The van der Waals surface area contributed by atoms with Gasteiger partial charge in [-0.2, -0.15) is 0 Å². The van der Waals surface area contributed by atoms with Crippen LogP contribution in [0.25, 0.3) is 82.1 Å². The van der Waals surface area contributed by atoms with Gasteiger partial charge in [0.2, 0.25) is 0 Å². The van der Waals surface area contributed by atoms with Crippen molar-refractivity contribution in [3.8, 4) is 27.9 Å². The lowest BCUT2D eigenvalue weighted by atomic mass is 9.33. The van der Waals surface area contributed by atoms with Crippen LogP contribution in [0.1, 0.15) is 50.7 Å². The minimum absolute atomic E-state index is 0.0164. The van der Waals surface area contributed by atoms with Crippen LogP contribution in [0.3, 0.4) is 0 Å². The Hall–Kier alpha value is -8.34. The molecular formula is C66H48BN3. The molecule has 0 amide bonds. The molecule has 0 spiro atoms. The Balaban J connectivity index is 1.13. The molecule has 0 saturated carbocycles. The first-order chi connectivity index (χ1) is 34.4. The van der Waals surface area contributed by atoms with E-state index in [0.717, 1.165) is 5.69 Å². The minimum atomic E-state index is -0.0164. The summed E-state index contributed by atoms with van der Waals surface area (Å²) in [6.45, 7) is 9.29. The van der Waals surface area contributed by atoms with Crippen LogP contribution < -0.4 is 26.2 Å². The van der Waals surface area contributed by atoms with Gasteiger partial charge in [-0.1, -0.05) is 185 Å². The second-order valence-electron chi connectivity index (χ2n) is 20.4. The maximum absolute atomic E-state index is 2.62. The van der Waals surface area contributed by atoms with Crippen molar-refractivity contribution >= 4 is 111 Å². The molecule has 70 heavy (non-hydrogen) atoms. The zero-order chi connectivity index (χ0) is 46.5. The summed E-state index contributed by atoms with van der Waals surface area (Å²) in [5.74, 6) is 0.736. The molecule has 1 aromatic heterocycles. The van der Waals surface area contributed by atoms with E-state index < -0.39 is 0 Å². The maximum atomic E-state index is 2.62. The largest absolute Gasteiger partial charge is 0.311 e. The van der Waals surface area contributed by atoms with Gasteiger partial charge in [-0.3, -0.25) is 0 Å². The Morgan fingerprint density at radius 1 is 0.343 bits per heavy atom. The molecule has 0 atom stereocenters. The van der Waals surface area contributed by atoms with E-state index >= 15 is 0 Å². The monoisotopic (exact) mass is 893 g/mol. The molecule has 3 heterocycles. The van der Waals surface area contributed by atoms with Crippen molar-refractivity contribution < 1.29 is 0 Å². The molecule has 3 nitrogen and oxygen atoms in total. The summed E-state index contributed by atoms with van der Waals surface area (Å²) in [5, 5.41) is 10.1. The number of aromatic nitrogens is 1. The Kier molecular flexibility index (Phi) is 8.26. The molecule has 330 valence electrons. The molecule has 11 aromatic carbocycles. The Morgan fingerprint density at radius 3 is 1.40 bits per heavy atom. The highest BCUT2D eigenvalue weighted by molar-refractivity contribution is 7.00. The van der Waals surface area contributed by atoms with E-state index in [9.17, 15) is 0 Å². The summed E-state index contributed by atoms with van der Waals surface area (Å²) < 4.78 is 2.58. The fourth-order valence-corrected chi connectivity index (χ4v) is 12.8. The highest BCUT2D eigenvalue weighted by atomic mass is 15.2. The van der Waals surface area contributed by atoms with E-state index in [0.29, 0.717) is 11.8 Å². The van der Waals surface area contributed by atoms with Crippen molar-refractivity contribution in [3.05, 3.63) is 217 Å². The molecule has 4 heteroatoms. The van der Waals surface area contributed by atoms with E-state index in [1.165, 1.54) is 138 Å². The van der Waals surface area contributed by atoms with Gasteiger partial charge in [0.15, 0.2) is 0 Å². The lowest BCUT2D eigenvalue weighted by Gasteiger charge is -2.45. The van der Waals surface area contributed by atoms with Gasteiger partial charge in [-0.05, 0) is 132 Å². The predicted octanol–water partition coefficient (Wildman–Crippen LogP) is 16.2. The average molecular weight is 894 g/mol. The second kappa shape index (κ2) is 14.6. The molecule has 15 rings (SSSR count). The molecule has 2 aliphatic heterocycles. The average Bonchev–Trinajstić information content (AvgIpc) is 3.68. The van der Waals surface area contributed by atoms with Gasteiger partial charge in [0, 0.05) is 44.3 Å². The van der Waals surface area contributed by atoms with Crippen molar-refractivity contribution in [2.45, 2.75) is 39.5 Å². The number of hydrogen-bond acceptors (Lipinski definition) is 2. The minimum Gasteiger partial charge on any atom is -0.311 e. The maximum Gasteiger partial charge on any atom is 0.252 e. The van der Waals surface area contributed by atoms with Gasteiger partial charge in [0.05, 0.1) is 28.1 Å². The van der Waals surface area contributed by atoms with Crippen LogP contribution >= 0.6 is 0 Å². The van der Waals surface area contributed by atoms with Crippen molar-refractivity contribution in [2.75, 3.05) is 9.80 Å². The third-order valence-corrected chi connectivity index (χ3v) is 16.0. The smallest absolute Gasteiger partial charge is 0.252 e. The summed E-state index contributed by atoms with van der Waals surface area (Å²) >= 11 is 0. The third kappa shape index (κ3) is 5.36. The lowest BCUT2D eigenvalue weighted by molar-refractivity contribution is 0.867. The zero-order valence-corrected chi connectivity index (χ0v) is 39.7. The molecule has 0 N–H and O–H groups in total. The normalized spacial score (nSPS) is 13.3. The first-order valence-electron chi connectivity index (χ1n) is 25.0. The van der Waals surface area contributed by atoms with Gasteiger partial charge >= 0.3 is 0 Å². The molecule has 3 aliphatic rings. The standard InChI is InChI=1S/C66H48BN3/c1-39(2)44-30-32-57-53(35-44)67-54-36-45(40(3)4)31-33-58(54)70(56-27-13-18-42-16-6-8-21-48(42)56)62-38-46(37-61(66(62)67)69(57)55-26-12-17-41-15-5-7-20-47(41)55)68-59-28-14-25-52-50-23-10-9-22-49(50)51-24-11-19-43-29-34-60(68)65(63(43)51)64(52)59/h5-40H,1-4H3. The van der Waals surface area contributed by atoms with Crippen LogP contribution in [0.15, 0.2) is 206 Å². The molecule has 12 aromatic rings. The fraction of sp³-hybridized carbons (Fsp3) is 0.0909. The van der Waals surface area contributed by atoms with E-state index in [-0.39, 0.29) is 6.71 Å². The topological polar surface area (TPSA) is 11.4 Å². The number of benzene rings is 11. The molecular weight excluding hydrogens is 846 g/mol. The van der Waals surface area contributed by atoms with Crippen LogP contribution in [-0.2, 0) is 0 Å². The Labute approximate surface area is 408 Å². The molecule has 0 fully saturated rings. The van der Waals surface area contributed by atoms with Crippen molar-refractivity contribution in [1.82, 2.24) is 4.57 Å². The first-order valence-corrected chi connectivity index (χ1v) is 25.0. The first kappa shape index (κ1) is 39.6. The Morgan fingerprint density at radius 2 is 0.814 bits per heavy atom. The molecule has 1 aliphatic carbocycles. The number of nitrogens with zero attached hydrogens (tertiary/aromatic N) is 3. The van der Waals surface area contributed by atoms with Crippen LogP contribution in [0.5, 0.6) is 0 Å². The van der Waals surface area contributed by atoms with Crippen molar-refractivity contribution in [1.29, 1.82) is 0 Å². The van der Waals surface area contributed by atoms with Gasteiger partial charge in [0.1, 0.15) is 0 Å². The second-order valence-corrected chi connectivity index (χ2v) is 20.4. The van der Waals surface area contributed by atoms with Gasteiger partial charge in [0.25, 0.3) is 6.71 Å². The van der Waals surface area contributed by atoms with E-state index in [2.05, 4.69) is 248 Å². The van der Waals surface area contributed by atoms with Crippen LogP contribution in [0.4, 0.5) is 34.1 Å². The third-order valence-electron chi connectivity index (χ3n) is 16.0. The van der Waals surface area contributed by atoms with Crippen LogP contribution in [0.2, 0.25) is 0 Å². The highest BCUT2D eigenvalue weighted by Gasteiger charge is 2.45. The summed E-state index contributed by atoms with van der Waals surface area (Å²) in [4.78, 5) is 5.23. The summed E-state index contributed by atoms with van der Waals surface area (Å²) in [6.07, 6.45) is 0. The lowest BCUT2D eigenvalue weighted by Crippen LogP contribution is -2.61. The molecule has 0 saturated heterocycles. The number of hydrogen-bond donors (Lipinski definition) is 0. The molecule has 0 bridgehead atoms. The quantitative estimate of drug-likeness (QED) is 0.160. The summed E-state index contributed by atoms with van der Waals surface area (Å²) in [5.41, 5.74) is 22.6. The van der Waals surface area contributed by atoms with Gasteiger partial charge in [-0.15, -0.1) is 0 Å². The number of anilines is 6.